The summed E-state index contributed by atoms with van der Waals surface area (Å²) in [6.07, 6.45) is 2.26. The molecule has 0 bridgehead atoms. The van der Waals surface area contributed by atoms with E-state index in [-0.39, 0.29) is 19.1 Å². The molecule has 2 fully saturated rings. The maximum absolute atomic E-state index is 11.8. The van der Waals surface area contributed by atoms with Crippen molar-refractivity contribution in [1.29, 1.82) is 0 Å². The number of morpholine rings is 1. The molecule has 1 amide bonds. The van der Waals surface area contributed by atoms with Gasteiger partial charge in [-0.2, -0.15) is 0 Å². The van der Waals surface area contributed by atoms with Gasteiger partial charge in [0.1, 0.15) is 5.69 Å². The Morgan fingerprint density at radius 2 is 2.09 bits per heavy atom. The number of carbonyl (C=O) groups is 1. The minimum atomic E-state index is -0.218. The molecule has 0 aliphatic carbocycles. The molecule has 2 N–H and O–H groups in total. The van der Waals surface area contributed by atoms with Gasteiger partial charge in [-0.15, -0.1) is 11.3 Å². The number of hydrogen-bond donors (Lipinski definition) is 2. The summed E-state index contributed by atoms with van der Waals surface area (Å²) in [5.74, 6) is -0.218. The second kappa shape index (κ2) is 8.05. The Kier molecular flexibility index (Phi) is 5.82. The number of rotatable bonds is 5. The lowest BCUT2D eigenvalue weighted by Crippen LogP contribution is -2.49. The first-order valence-electron chi connectivity index (χ1n) is 8.19. The Morgan fingerprint density at radius 1 is 1.35 bits per heavy atom. The van der Waals surface area contributed by atoms with Crippen molar-refractivity contribution in [2.24, 2.45) is 0 Å². The monoisotopic (exact) mass is 340 g/mol. The lowest BCUT2D eigenvalue weighted by molar-refractivity contribution is 0.0115. The first-order valence-corrected chi connectivity index (χ1v) is 9.07. The number of nitrogens with one attached hydrogen (secondary N) is 1. The predicted molar refractivity (Wildman–Crippen MR) is 89.2 cm³/mol. The van der Waals surface area contributed by atoms with Crippen molar-refractivity contribution < 1.29 is 14.6 Å². The van der Waals surface area contributed by atoms with Crippen molar-refractivity contribution in [3.05, 3.63) is 11.1 Å². The molecule has 2 aliphatic rings. The van der Waals surface area contributed by atoms with Gasteiger partial charge in [0.25, 0.3) is 5.91 Å². The van der Waals surface area contributed by atoms with Crippen LogP contribution < -0.4 is 10.2 Å². The van der Waals surface area contributed by atoms with E-state index in [1.807, 2.05) is 0 Å². The number of aliphatic hydroxyl groups excluding tert-OH is 1. The number of carbonyl (C=O) groups excluding carboxylic acids is 1. The minimum absolute atomic E-state index is 0.0578. The van der Waals surface area contributed by atoms with Crippen LogP contribution >= 0.6 is 11.3 Å². The van der Waals surface area contributed by atoms with Gasteiger partial charge in [0.2, 0.25) is 0 Å². The van der Waals surface area contributed by atoms with Crippen molar-refractivity contribution in [2.45, 2.75) is 18.9 Å². The van der Waals surface area contributed by atoms with Crippen LogP contribution in [-0.2, 0) is 4.74 Å². The van der Waals surface area contributed by atoms with Crippen molar-refractivity contribution >= 4 is 22.4 Å². The van der Waals surface area contributed by atoms with Gasteiger partial charge in [0, 0.05) is 44.1 Å². The van der Waals surface area contributed by atoms with E-state index >= 15 is 0 Å². The lowest BCUT2D eigenvalue weighted by Gasteiger charge is -2.40. The number of anilines is 1. The number of nitrogens with zero attached hydrogens (tertiary/aromatic N) is 3. The van der Waals surface area contributed by atoms with Crippen molar-refractivity contribution in [2.75, 3.05) is 57.4 Å². The Labute approximate surface area is 140 Å². The van der Waals surface area contributed by atoms with Gasteiger partial charge in [-0.3, -0.25) is 9.69 Å². The van der Waals surface area contributed by atoms with E-state index in [9.17, 15) is 4.79 Å². The molecule has 0 aromatic carbocycles. The standard InChI is InChI=1S/C15H24N4O3S/c20-8-3-16-14(21)13-11-23-15(17-13)19-4-1-12(2-5-19)18-6-9-22-10-7-18/h11-12,20H,1-10H2,(H,16,21). The smallest absolute Gasteiger partial charge is 0.270 e. The zero-order valence-corrected chi connectivity index (χ0v) is 14.1. The molecule has 2 saturated heterocycles. The molecule has 0 atom stereocenters. The van der Waals surface area contributed by atoms with Gasteiger partial charge in [-0.25, -0.2) is 4.98 Å². The van der Waals surface area contributed by atoms with E-state index in [1.54, 1.807) is 5.38 Å². The molecule has 23 heavy (non-hydrogen) atoms. The summed E-state index contributed by atoms with van der Waals surface area (Å²) in [5.41, 5.74) is 0.439. The molecule has 2 aliphatic heterocycles. The van der Waals surface area contributed by atoms with E-state index in [1.165, 1.54) is 11.3 Å². The number of thiazole rings is 1. The number of piperidine rings is 1. The quantitative estimate of drug-likeness (QED) is 0.795. The van der Waals surface area contributed by atoms with Gasteiger partial charge in [-0.1, -0.05) is 0 Å². The van der Waals surface area contributed by atoms with Gasteiger partial charge >= 0.3 is 0 Å². The molecule has 0 radical (unpaired) electrons. The molecule has 128 valence electrons. The van der Waals surface area contributed by atoms with Gasteiger partial charge in [0.15, 0.2) is 5.13 Å². The van der Waals surface area contributed by atoms with Crippen molar-refractivity contribution in [3.8, 4) is 0 Å². The second-order valence-electron chi connectivity index (χ2n) is 5.86. The zero-order chi connectivity index (χ0) is 16.1. The Bertz CT molecular complexity index is 511. The van der Waals surface area contributed by atoms with Gasteiger partial charge in [0.05, 0.1) is 19.8 Å². The number of ether oxygens (including phenoxy) is 1. The SMILES string of the molecule is O=C(NCCO)c1csc(N2CCC(N3CCOCC3)CC2)n1. The topological polar surface area (TPSA) is 77.9 Å². The third-order valence-electron chi connectivity index (χ3n) is 4.42. The van der Waals surface area contributed by atoms with Crippen LogP contribution in [0.2, 0.25) is 0 Å². The average Bonchev–Trinajstić information content (AvgIpc) is 3.11. The molecule has 0 unspecified atom stereocenters. The van der Waals surface area contributed by atoms with Gasteiger partial charge < -0.3 is 20.1 Å². The summed E-state index contributed by atoms with van der Waals surface area (Å²) < 4.78 is 5.42. The zero-order valence-electron chi connectivity index (χ0n) is 13.2. The first kappa shape index (κ1) is 16.6. The normalized spacial score (nSPS) is 20.7. The highest BCUT2D eigenvalue weighted by molar-refractivity contribution is 7.13. The summed E-state index contributed by atoms with van der Waals surface area (Å²) >= 11 is 1.51. The van der Waals surface area contributed by atoms with Crippen LogP contribution in [0.1, 0.15) is 23.3 Å². The Hall–Kier alpha value is -1.22. The number of hydrogen-bond acceptors (Lipinski definition) is 7. The Morgan fingerprint density at radius 3 is 2.78 bits per heavy atom. The fourth-order valence-electron chi connectivity index (χ4n) is 3.14. The highest BCUT2D eigenvalue weighted by Crippen LogP contribution is 2.26. The summed E-state index contributed by atoms with van der Waals surface area (Å²) in [6, 6.07) is 0.641. The number of aliphatic hydroxyl groups is 1. The third-order valence-corrected chi connectivity index (χ3v) is 5.32. The largest absolute Gasteiger partial charge is 0.395 e. The lowest BCUT2D eigenvalue weighted by atomic mass is 10.0. The van der Waals surface area contributed by atoms with Crippen LogP contribution in [0.15, 0.2) is 5.38 Å². The highest BCUT2D eigenvalue weighted by Gasteiger charge is 2.27. The maximum Gasteiger partial charge on any atom is 0.270 e. The van der Waals surface area contributed by atoms with Crippen LogP contribution in [0, 0.1) is 0 Å². The first-order chi connectivity index (χ1) is 11.3. The summed E-state index contributed by atoms with van der Waals surface area (Å²) in [7, 11) is 0. The molecular weight excluding hydrogens is 316 g/mol. The van der Waals surface area contributed by atoms with Crippen LogP contribution in [0.25, 0.3) is 0 Å². The predicted octanol–water partition coefficient (Wildman–Crippen LogP) is 0.166. The van der Waals surface area contributed by atoms with E-state index in [0.29, 0.717) is 11.7 Å². The molecule has 8 heteroatoms. The second-order valence-corrected chi connectivity index (χ2v) is 6.70. The van der Waals surface area contributed by atoms with E-state index < -0.39 is 0 Å². The molecular formula is C15H24N4O3S. The van der Waals surface area contributed by atoms with E-state index in [4.69, 9.17) is 9.84 Å². The summed E-state index contributed by atoms with van der Waals surface area (Å²) in [4.78, 5) is 21.1. The molecule has 1 aromatic rings. The van der Waals surface area contributed by atoms with E-state index in [2.05, 4.69) is 20.1 Å². The molecule has 0 saturated carbocycles. The number of aromatic nitrogens is 1. The maximum atomic E-state index is 11.8. The molecule has 3 heterocycles. The van der Waals surface area contributed by atoms with Gasteiger partial charge in [-0.05, 0) is 12.8 Å². The summed E-state index contributed by atoms with van der Waals surface area (Å²) in [6.45, 7) is 5.93. The fraction of sp³-hybridized carbons (Fsp3) is 0.733. The Balaban J connectivity index is 1.51. The molecule has 1 aromatic heterocycles. The summed E-state index contributed by atoms with van der Waals surface area (Å²) in [5, 5.41) is 14.1. The minimum Gasteiger partial charge on any atom is -0.395 e. The van der Waals surface area contributed by atoms with Crippen LogP contribution in [0.4, 0.5) is 5.13 Å². The van der Waals surface area contributed by atoms with Crippen molar-refractivity contribution in [3.63, 3.8) is 0 Å². The third kappa shape index (κ3) is 4.20. The van der Waals surface area contributed by atoms with Crippen molar-refractivity contribution in [1.82, 2.24) is 15.2 Å². The molecule has 7 nitrogen and oxygen atoms in total. The average molecular weight is 340 g/mol. The molecule has 0 spiro atoms. The molecule has 3 rings (SSSR count). The van der Waals surface area contributed by atoms with Crippen LogP contribution in [0.3, 0.4) is 0 Å². The van der Waals surface area contributed by atoms with Crippen LogP contribution in [0.5, 0.6) is 0 Å². The van der Waals surface area contributed by atoms with E-state index in [0.717, 1.165) is 57.4 Å². The fourth-order valence-corrected chi connectivity index (χ4v) is 4.00. The highest BCUT2D eigenvalue weighted by atomic mass is 32.1. The number of amides is 1. The van der Waals surface area contributed by atoms with Crippen LogP contribution in [-0.4, -0.2) is 79.5 Å².